The summed E-state index contributed by atoms with van der Waals surface area (Å²) >= 11 is 0. The van der Waals surface area contributed by atoms with Crippen LogP contribution in [-0.4, -0.2) is 41.9 Å². The molecule has 10 heteroatoms. The molecule has 4 rings (SSSR count). The lowest BCUT2D eigenvalue weighted by Gasteiger charge is -2.08. The van der Waals surface area contributed by atoms with Gasteiger partial charge in [-0.15, -0.1) is 0 Å². The standard InChI is InChI=1S/C22H20N6O4/c1-27-8-2-3-18(22(27)31)21(30)26-20-5-4-17(13-24-20)32-16-6-7-23-19(11-16)15-12-25-28(14-15)9-10-29/h2-8,11-14,29H,9-10H2,1H3,(H,24,26,30). The molecule has 4 heterocycles. The van der Waals surface area contributed by atoms with E-state index in [1.807, 2.05) is 0 Å². The number of carbonyl (C=O) groups is 1. The molecule has 0 aliphatic rings. The first-order valence-corrected chi connectivity index (χ1v) is 9.74. The molecule has 0 aliphatic heterocycles. The van der Waals surface area contributed by atoms with Crippen molar-refractivity contribution in [2.75, 3.05) is 11.9 Å². The largest absolute Gasteiger partial charge is 0.456 e. The van der Waals surface area contributed by atoms with Gasteiger partial charge in [-0.25, -0.2) is 4.98 Å². The Bertz CT molecular complexity index is 1300. The maximum atomic E-state index is 12.4. The van der Waals surface area contributed by atoms with Crippen LogP contribution in [0.25, 0.3) is 11.3 Å². The second-order valence-electron chi connectivity index (χ2n) is 6.87. The van der Waals surface area contributed by atoms with Gasteiger partial charge in [0, 0.05) is 37.3 Å². The van der Waals surface area contributed by atoms with Gasteiger partial charge in [0.2, 0.25) is 0 Å². The lowest BCUT2D eigenvalue weighted by atomic mass is 10.2. The Hall–Kier alpha value is -4.31. The van der Waals surface area contributed by atoms with Gasteiger partial charge in [-0.3, -0.25) is 19.3 Å². The summed E-state index contributed by atoms with van der Waals surface area (Å²) in [5, 5.41) is 15.8. The van der Waals surface area contributed by atoms with Crippen LogP contribution >= 0.6 is 0 Å². The van der Waals surface area contributed by atoms with Crippen molar-refractivity contribution in [1.29, 1.82) is 0 Å². The van der Waals surface area contributed by atoms with Crippen molar-refractivity contribution < 1.29 is 14.6 Å². The molecule has 0 unspecified atom stereocenters. The second-order valence-corrected chi connectivity index (χ2v) is 6.87. The van der Waals surface area contributed by atoms with Crippen LogP contribution in [0, 0.1) is 0 Å². The third-order valence-electron chi connectivity index (χ3n) is 4.57. The molecule has 1 amide bonds. The fourth-order valence-corrected chi connectivity index (χ4v) is 2.96. The van der Waals surface area contributed by atoms with E-state index in [1.54, 1.807) is 66.8 Å². The minimum Gasteiger partial charge on any atom is -0.456 e. The molecule has 4 aromatic rings. The minimum atomic E-state index is -0.534. The van der Waals surface area contributed by atoms with E-state index >= 15 is 0 Å². The molecular formula is C22H20N6O4. The molecule has 0 fully saturated rings. The van der Waals surface area contributed by atoms with Gasteiger partial charge in [0.25, 0.3) is 11.5 Å². The quantitative estimate of drug-likeness (QED) is 0.458. The fourth-order valence-electron chi connectivity index (χ4n) is 2.96. The average Bonchev–Trinajstić information content (AvgIpc) is 3.26. The summed E-state index contributed by atoms with van der Waals surface area (Å²) in [7, 11) is 1.58. The van der Waals surface area contributed by atoms with Crippen LogP contribution in [0.5, 0.6) is 11.5 Å². The SMILES string of the molecule is Cn1cccc(C(=O)Nc2ccc(Oc3ccnc(-c4cnn(CCO)c4)c3)cn2)c1=O. The van der Waals surface area contributed by atoms with E-state index in [1.165, 1.54) is 16.8 Å². The van der Waals surface area contributed by atoms with Crippen LogP contribution in [0.1, 0.15) is 10.4 Å². The summed E-state index contributed by atoms with van der Waals surface area (Å²) in [5.74, 6) is 0.774. The number of aliphatic hydroxyl groups is 1. The van der Waals surface area contributed by atoms with Crippen molar-refractivity contribution in [2.45, 2.75) is 6.54 Å². The lowest BCUT2D eigenvalue weighted by Crippen LogP contribution is -2.27. The van der Waals surface area contributed by atoms with Gasteiger partial charge in [0.05, 0.1) is 31.2 Å². The molecule has 0 bridgehead atoms. The van der Waals surface area contributed by atoms with Crippen molar-refractivity contribution in [3.63, 3.8) is 0 Å². The van der Waals surface area contributed by atoms with Crippen LogP contribution in [0.2, 0.25) is 0 Å². The highest BCUT2D eigenvalue weighted by molar-refractivity contribution is 6.03. The third-order valence-corrected chi connectivity index (χ3v) is 4.57. The summed E-state index contributed by atoms with van der Waals surface area (Å²) in [6.07, 6.45) is 8.13. The summed E-state index contributed by atoms with van der Waals surface area (Å²) in [5.41, 5.74) is 1.12. The molecule has 10 nitrogen and oxygen atoms in total. The number of nitrogens with zero attached hydrogens (tertiary/aromatic N) is 5. The molecule has 2 N–H and O–H groups in total. The fraction of sp³-hybridized carbons (Fsp3) is 0.136. The summed E-state index contributed by atoms with van der Waals surface area (Å²) in [6, 6.07) is 9.81. The van der Waals surface area contributed by atoms with E-state index < -0.39 is 5.91 Å². The number of aliphatic hydroxyl groups excluding tert-OH is 1. The molecule has 0 saturated heterocycles. The number of nitrogens with one attached hydrogen (secondary N) is 1. The van der Waals surface area contributed by atoms with Crippen molar-refractivity contribution in [1.82, 2.24) is 24.3 Å². The van der Waals surface area contributed by atoms with Gasteiger partial charge in [-0.05, 0) is 30.3 Å². The number of aryl methyl sites for hydroxylation is 1. The number of hydrogen-bond donors (Lipinski definition) is 2. The number of amides is 1. The zero-order chi connectivity index (χ0) is 22.5. The van der Waals surface area contributed by atoms with E-state index in [0.717, 1.165) is 5.56 Å². The van der Waals surface area contributed by atoms with Gasteiger partial charge in [-0.1, -0.05) is 0 Å². The van der Waals surface area contributed by atoms with E-state index in [2.05, 4.69) is 20.4 Å². The maximum absolute atomic E-state index is 12.4. The summed E-state index contributed by atoms with van der Waals surface area (Å²) in [6.45, 7) is 0.409. The van der Waals surface area contributed by atoms with Crippen molar-refractivity contribution >= 4 is 11.7 Å². The Labute approximate surface area is 182 Å². The third kappa shape index (κ3) is 4.71. The minimum absolute atomic E-state index is 0.00313. The molecule has 0 spiro atoms. The number of aromatic nitrogens is 5. The number of hydrogen-bond acceptors (Lipinski definition) is 7. The van der Waals surface area contributed by atoms with Crippen LogP contribution in [-0.2, 0) is 13.6 Å². The second kappa shape index (κ2) is 9.23. The Morgan fingerprint density at radius 1 is 1.16 bits per heavy atom. The lowest BCUT2D eigenvalue weighted by molar-refractivity contribution is 0.102. The van der Waals surface area contributed by atoms with Crippen molar-refractivity contribution in [2.24, 2.45) is 7.05 Å². The normalized spacial score (nSPS) is 10.7. The number of pyridine rings is 3. The molecule has 4 aromatic heterocycles. The first-order chi connectivity index (χ1) is 15.5. The molecule has 0 atom stereocenters. The summed E-state index contributed by atoms with van der Waals surface area (Å²) < 4.78 is 8.80. The highest BCUT2D eigenvalue weighted by Gasteiger charge is 2.12. The monoisotopic (exact) mass is 432 g/mol. The molecule has 162 valence electrons. The predicted molar refractivity (Wildman–Crippen MR) is 116 cm³/mol. The van der Waals surface area contributed by atoms with Crippen LogP contribution in [0.3, 0.4) is 0 Å². The molecule has 0 aromatic carbocycles. The smallest absolute Gasteiger partial charge is 0.263 e. The Morgan fingerprint density at radius 2 is 2.03 bits per heavy atom. The average molecular weight is 432 g/mol. The highest BCUT2D eigenvalue weighted by Crippen LogP contribution is 2.25. The van der Waals surface area contributed by atoms with Gasteiger partial charge in [0.1, 0.15) is 22.9 Å². The first kappa shape index (κ1) is 20.9. The van der Waals surface area contributed by atoms with E-state index in [-0.39, 0.29) is 17.7 Å². The van der Waals surface area contributed by atoms with Gasteiger partial charge < -0.3 is 19.7 Å². The Morgan fingerprint density at radius 3 is 2.81 bits per heavy atom. The maximum Gasteiger partial charge on any atom is 0.263 e. The summed E-state index contributed by atoms with van der Waals surface area (Å²) in [4.78, 5) is 32.9. The topological polar surface area (TPSA) is 124 Å². The molecular weight excluding hydrogens is 412 g/mol. The van der Waals surface area contributed by atoms with Gasteiger partial charge in [-0.2, -0.15) is 5.10 Å². The number of carbonyl (C=O) groups excluding carboxylic acids is 1. The van der Waals surface area contributed by atoms with Gasteiger partial charge in [0.15, 0.2) is 0 Å². The Kier molecular flexibility index (Phi) is 6.04. The van der Waals surface area contributed by atoms with Crippen LogP contribution in [0.4, 0.5) is 5.82 Å². The van der Waals surface area contributed by atoms with E-state index in [0.29, 0.717) is 29.6 Å². The zero-order valence-electron chi connectivity index (χ0n) is 17.2. The number of anilines is 1. The van der Waals surface area contributed by atoms with Crippen LogP contribution < -0.4 is 15.6 Å². The molecule has 0 saturated carbocycles. The van der Waals surface area contributed by atoms with Gasteiger partial charge >= 0.3 is 0 Å². The first-order valence-electron chi connectivity index (χ1n) is 9.74. The van der Waals surface area contributed by atoms with Crippen molar-refractivity contribution in [3.8, 4) is 22.8 Å². The number of rotatable bonds is 7. The highest BCUT2D eigenvalue weighted by atomic mass is 16.5. The Balaban J connectivity index is 1.44. The van der Waals surface area contributed by atoms with E-state index in [9.17, 15) is 9.59 Å². The van der Waals surface area contributed by atoms with Crippen LogP contribution in [0.15, 0.2) is 72.2 Å². The molecule has 0 aliphatic carbocycles. The molecule has 32 heavy (non-hydrogen) atoms. The predicted octanol–water partition coefficient (Wildman–Crippen LogP) is 2.08. The van der Waals surface area contributed by atoms with Crippen molar-refractivity contribution in [3.05, 3.63) is 83.3 Å². The molecule has 0 radical (unpaired) electrons. The number of ether oxygens (including phenoxy) is 1. The van der Waals surface area contributed by atoms with E-state index in [4.69, 9.17) is 9.84 Å². The zero-order valence-corrected chi connectivity index (χ0v) is 17.2.